The van der Waals surface area contributed by atoms with Crippen LogP contribution < -0.4 is 0 Å². The normalized spacial score (nSPS) is 12.3. The highest BCUT2D eigenvalue weighted by Crippen LogP contribution is 2.28. The Balaban J connectivity index is 1.35. The maximum absolute atomic E-state index is 11.1. The number of phenolic OH excluding ortho intramolecular Hbond substituents is 3. The number of nitrogens with zero attached hydrogens (tertiary/aromatic N) is 14. The summed E-state index contributed by atoms with van der Waals surface area (Å²) in [5.41, 5.74) is 0.00522. The number of benzene rings is 5. The molecule has 0 amide bonds. The van der Waals surface area contributed by atoms with Crippen molar-refractivity contribution in [1.82, 2.24) is 0 Å². The van der Waals surface area contributed by atoms with Crippen molar-refractivity contribution in [2.75, 3.05) is 0 Å². The maximum atomic E-state index is 11.1. The average molecular weight is 851 g/mol. The van der Waals surface area contributed by atoms with Crippen LogP contribution in [0.2, 0.25) is 0 Å². The molecular weight excluding hydrogens is 825 g/mol. The van der Waals surface area contributed by atoms with Crippen LogP contribution in [0.3, 0.4) is 0 Å². The summed E-state index contributed by atoms with van der Waals surface area (Å²) < 4.78 is 0. The van der Waals surface area contributed by atoms with Gasteiger partial charge in [-0.15, -0.1) is 0 Å². The van der Waals surface area contributed by atoms with Crippen molar-refractivity contribution in [1.29, 1.82) is 21.0 Å². The fourth-order valence-electron chi connectivity index (χ4n) is 5.07. The Morgan fingerprint density at radius 3 is 1.09 bits per heavy atom. The van der Waals surface area contributed by atoms with Gasteiger partial charge in [0, 0.05) is 71.4 Å². The topological polar surface area (TPSA) is 341 Å². The highest BCUT2D eigenvalue weighted by Gasteiger charge is 2.11. The van der Waals surface area contributed by atoms with Crippen LogP contribution >= 0.6 is 0 Å². The fourth-order valence-corrected chi connectivity index (χ4v) is 5.07. The third-order valence-corrected chi connectivity index (χ3v) is 8.22. The smallest absolute Gasteiger partial charge is 0.269 e. The first-order valence-corrected chi connectivity index (χ1v) is 17.9. The van der Waals surface area contributed by atoms with Crippen molar-refractivity contribution >= 4 is 59.0 Å². The second-order valence-corrected chi connectivity index (χ2v) is 12.6. The summed E-state index contributed by atoms with van der Waals surface area (Å²) in [5, 5.41) is 109. The zero-order valence-electron chi connectivity index (χ0n) is 32.8. The number of phenols is 3. The number of rotatable bonds is 14. The Bertz CT molecular complexity index is 2880. The van der Waals surface area contributed by atoms with Crippen molar-refractivity contribution in [3.63, 3.8) is 0 Å². The summed E-state index contributed by atoms with van der Waals surface area (Å²) in [6, 6.07) is 29.0. The predicted octanol–water partition coefficient (Wildman–Crippen LogP) is 9.35. The molecule has 64 heavy (non-hydrogen) atoms. The van der Waals surface area contributed by atoms with E-state index in [4.69, 9.17) is 0 Å². The molecular formula is C43H26N14O7. The number of nitriles is 4. The van der Waals surface area contributed by atoms with Gasteiger partial charge < -0.3 is 15.3 Å². The van der Waals surface area contributed by atoms with Crippen molar-refractivity contribution in [2.45, 2.75) is 6.92 Å². The molecule has 0 unspecified atom stereocenters. The molecule has 0 saturated carbocycles. The van der Waals surface area contributed by atoms with Gasteiger partial charge in [-0.2, -0.15) is 41.5 Å². The first kappa shape index (κ1) is 44.7. The van der Waals surface area contributed by atoms with Gasteiger partial charge in [-0.25, -0.2) is 20.0 Å². The Morgan fingerprint density at radius 2 is 0.781 bits per heavy atom. The van der Waals surface area contributed by atoms with E-state index in [1.54, 1.807) is 31.2 Å². The molecule has 0 radical (unpaired) electrons. The molecule has 0 atom stereocenters. The number of aliphatic imine (C=N–C) groups is 4. The average Bonchev–Trinajstić information content (AvgIpc) is 3.29. The fraction of sp³-hybridized carbons (Fsp3) is 0.0233. The molecule has 21 nitrogen and oxygen atoms in total. The molecule has 0 fully saturated rings. The van der Waals surface area contributed by atoms with Gasteiger partial charge >= 0.3 is 0 Å². The molecule has 0 heterocycles. The summed E-state index contributed by atoms with van der Waals surface area (Å²) >= 11 is 0. The summed E-state index contributed by atoms with van der Waals surface area (Å²) in [6.07, 6.45) is 4.39. The quantitative estimate of drug-likeness (QED) is 0.0310. The maximum Gasteiger partial charge on any atom is 0.269 e. The molecule has 0 saturated heterocycles. The van der Waals surface area contributed by atoms with Crippen LogP contribution in [0.5, 0.6) is 17.2 Å². The molecule has 5 aromatic carbocycles. The standard InChI is InChI=1S/C43H26N14O7/c1-26-14-29(24-50-39(20-46)37(18-44)48-22-27-16-33(6-12-41(27)58)54-52-31-2-8-35(9-3-31)56(61)62)43(60)30(15-26)25-51-40(21-47)38(19-45)49-23-28-17-34(7-13-42(28)59)55-53-32-4-10-36(11-5-32)57(63)64/h2-17,22-25,58-60H,1H3/b39-37-,40-38-,48-22?,49-23?,50-24?,51-25?,54-52?,55-53?. The van der Waals surface area contributed by atoms with Gasteiger partial charge in [-0.1, -0.05) is 0 Å². The predicted molar refractivity (Wildman–Crippen MR) is 230 cm³/mol. The molecule has 5 rings (SSSR count). The van der Waals surface area contributed by atoms with Crippen LogP contribution in [-0.4, -0.2) is 50.0 Å². The molecule has 0 aliphatic heterocycles. The third kappa shape index (κ3) is 11.9. The lowest BCUT2D eigenvalue weighted by molar-refractivity contribution is -0.385. The first-order chi connectivity index (χ1) is 30.8. The lowest BCUT2D eigenvalue weighted by Gasteiger charge is -2.05. The molecule has 5 aromatic rings. The van der Waals surface area contributed by atoms with E-state index in [9.17, 15) is 56.6 Å². The van der Waals surface area contributed by atoms with Crippen LogP contribution in [0.4, 0.5) is 34.1 Å². The van der Waals surface area contributed by atoms with E-state index in [1.165, 1.54) is 97.1 Å². The lowest BCUT2D eigenvalue weighted by atomic mass is 10.1. The number of nitro groups is 2. The van der Waals surface area contributed by atoms with E-state index < -0.39 is 38.4 Å². The van der Waals surface area contributed by atoms with Gasteiger partial charge in [0.05, 0.1) is 32.6 Å². The molecule has 0 aliphatic carbocycles. The first-order valence-electron chi connectivity index (χ1n) is 17.9. The van der Waals surface area contributed by atoms with Gasteiger partial charge in [0.1, 0.15) is 41.5 Å². The third-order valence-electron chi connectivity index (χ3n) is 8.22. The van der Waals surface area contributed by atoms with Gasteiger partial charge in [0.25, 0.3) is 11.4 Å². The number of non-ortho nitro benzene ring substituents is 2. The van der Waals surface area contributed by atoms with Crippen LogP contribution in [0, 0.1) is 72.5 Å². The molecule has 0 aromatic heterocycles. The minimum absolute atomic E-state index is 0.0706. The lowest BCUT2D eigenvalue weighted by Crippen LogP contribution is -1.94. The minimum atomic E-state index is -0.552. The zero-order valence-corrected chi connectivity index (χ0v) is 32.8. The SMILES string of the molecule is Cc1cc(C=N/C(C#N)=C(/C#N)N=Cc2cc(N=Nc3ccc([N+](=O)[O-])cc3)ccc2O)c(O)c(C=N/C(C#N)=C(/C#N)N=Cc2cc(N=Nc3ccc([N+](=O)[O-])cc3)ccc2O)c1. The Kier molecular flexibility index (Phi) is 14.7. The highest BCUT2D eigenvalue weighted by molar-refractivity contribution is 5.93. The zero-order chi connectivity index (χ0) is 46.2. The van der Waals surface area contributed by atoms with Gasteiger partial charge in [0.2, 0.25) is 0 Å². The van der Waals surface area contributed by atoms with Crippen molar-refractivity contribution in [3.05, 3.63) is 168 Å². The number of aryl methyl sites for hydroxylation is 1. The summed E-state index contributed by atoms with van der Waals surface area (Å²) in [7, 11) is 0. The van der Waals surface area contributed by atoms with Crippen LogP contribution in [0.15, 0.2) is 160 Å². The van der Waals surface area contributed by atoms with E-state index >= 15 is 0 Å². The van der Waals surface area contributed by atoms with E-state index in [0.717, 1.165) is 24.9 Å². The van der Waals surface area contributed by atoms with Crippen molar-refractivity contribution < 1.29 is 25.2 Å². The Morgan fingerprint density at radius 1 is 0.484 bits per heavy atom. The van der Waals surface area contributed by atoms with Crippen LogP contribution in [0.1, 0.15) is 27.8 Å². The number of azo groups is 2. The molecule has 0 bridgehead atoms. The van der Waals surface area contributed by atoms with Crippen LogP contribution in [0.25, 0.3) is 0 Å². The Hall–Kier alpha value is -10.4. The Labute approximate surface area is 361 Å². The monoisotopic (exact) mass is 850 g/mol. The van der Waals surface area contributed by atoms with Gasteiger partial charge in [0.15, 0.2) is 22.8 Å². The number of hydrogen-bond acceptors (Lipinski definition) is 19. The largest absolute Gasteiger partial charge is 0.507 e. The molecule has 3 N–H and O–H groups in total. The van der Waals surface area contributed by atoms with Gasteiger partial charge in [-0.3, -0.25) is 20.2 Å². The van der Waals surface area contributed by atoms with E-state index in [0.29, 0.717) is 16.9 Å². The molecule has 310 valence electrons. The molecule has 0 spiro atoms. The molecule has 0 aliphatic rings. The number of aromatic hydroxyl groups is 3. The number of nitro benzene ring substituents is 2. The summed E-state index contributed by atoms with van der Waals surface area (Å²) in [6.45, 7) is 1.67. The van der Waals surface area contributed by atoms with Crippen molar-refractivity contribution in [3.8, 4) is 41.5 Å². The number of allylic oxidation sites excluding steroid dienone is 4. The second-order valence-electron chi connectivity index (χ2n) is 12.6. The highest BCUT2D eigenvalue weighted by atomic mass is 16.6. The van der Waals surface area contributed by atoms with E-state index in [-0.39, 0.29) is 56.5 Å². The molecule has 21 heteroatoms. The summed E-state index contributed by atoms with van der Waals surface area (Å²) in [5.74, 6) is -0.885. The van der Waals surface area contributed by atoms with Crippen LogP contribution in [-0.2, 0) is 0 Å². The minimum Gasteiger partial charge on any atom is -0.507 e. The second kappa shape index (κ2) is 21.0. The van der Waals surface area contributed by atoms with E-state index in [2.05, 4.69) is 40.4 Å². The van der Waals surface area contributed by atoms with E-state index in [1.807, 2.05) is 0 Å². The number of hydrogen-bond donors (Lipinski definition) is 3. The van der Waals surface area contributed by atoms with Crippen molar-refractivity contribution in [2.24, 2.45) is 40.4 Å². The summed E-state index contributed by atoms with van der Waals surface area (Å²) in [4.78, 5) is 36.8. The van der Waals surface area contributed by atoms with Gasteiger partial charge in [-0.05, 0) is 85.3 Å².